The third kappa shape index (κ3) is 2.26. The van der Waals surface area contributed by atoms with Crippen LogP contribution in [0.15, 0.2) is 30.3 Å². The van der Waals surface area contributed by atoms with Crippen LogP contribution >= 0.6 is 0 Å². The number of amides is 1. The zero-order valence-electron chi connectivity index (χ0n) is 10.4. The van der Waals surface area contributed by atoms with Crippen LogP contribution in [0.4, 0.5) is 0 Å². The smallest absolute Gasteiger partial charge is 0.249 e. The van der Waals surface area contributed by atoms with Crippen molar-refractivity contribution in [2.24, 2.45) is 0 Å². The van der Waals surface area contributed by atoms with Gasteiger partial charge in [0.25, 0.3) is 0 Å². The summed E-state index contributed by atoms with van der Waals surface area (Å²) in [5.74, 6) is 0.0939. The van der Waals surface area contributed by atoms with Gasteiger partial charge in [0.15, 0.2) is 0 Å². The summed E-state index contributed by atoms with van der Waals surface area (Å²) in [6.45, 7) is 3.44. The molecule has 0 bridgehead atoms. The summed E-state index contributed by atoms with van der Waals surface area (Å²) in [6, 6.07) is 10.1. The molecule has 1 spiro atoms. The van der Waals surface area contributed by atoms with E-state index in [1.807, 2.05) is 23.1 Å². The van der Waals surface area contributed by atoms with Crippen LogP contribution in [-0.2, 0) is 16.1 Å². The number of nitrogens with zero attached hydrogens (tertiary/aromatic N) is 1. The molecule has 0 aromatic heterocycles. The Balaban J connectivity index is 1.72. The molecular weight excluding hydrogens is 228 g/mol. The van der Waals surface area contributed by atoms with Crippen LogP contribution in [0.3, 0.4) is 0 Å². The van der Waals surface area contributed by atoms with Gasteiger partial charge in [0, 0.05) is 13.1 Å². The van der Waals surface area contributed by atoms with E-state index in [-0.39, 0.29) is 18.1 Å². The third-order valence-electron chi connectivity index (χ3n) is 3.75. The normalized spacial score (nSPS) is 28.0. The Bertz CT molecular complexity index is 427. The minimum Gasteiger partial charge on any atom is -0.362 e. The molecule has 1 amide bonds. The van der Waals surface area contributed by atoms with Gasteiger partial charge in [0.1, 0.15) is 6.61 Å². The lowest BCUT2D eigenvalue weighted by atomic mass is 10.00. The van der Waals surface area contributed by atoms with Crippen LogP contribution in [0.5, 0.6) is 0 Å². The molecule has 3 rings (SSSR count). The first kappa shape index (κ1) is 11.7. The average Bonchev–Trinajstić information content (AvgIpc) is 2.84. The van der Waals surface area contributed by atoms with Gasteiger partial charge in [-0.3, -0.25) is 4.79 Å². The van der Waals surface area contributed by atoms with Gasteiger partial charge >= 0.3 is 0 Å². The number of ether oxygens (including phenoxy) is 1. The summed E-state index contributed by atoms with van der Waals surface area (Å²) in [6.07, 6.45) is 0.992. The van der Waals surface area contributed by atoms with Crippen molar-refractivity contribution >= 4 is 5.91 Å². The zero-order valence-corrected chi connectivity index (χ0v) is 10.4. The summed E-state index contributed by atoms with van der Waals surface area (Å²) in [5, 5.41) is 3.32. The Morgan fingerprint density at radius 1 is 1.33 bits per heavy atom. The van der Waals surface area contributed by atoms with E-state index < -0.39 is 0 Å². The molecule has 4 nitrogen and oxygen atoms in total. The summed E-state index contributed by atoms with van der Waals surface area (Å²) in [7, 11) is 0. The maximum absolute atomic E-state index is 11.9. The van der Waals surface area contributed by atoms with Gasteiger partial charge in [0.2, 0.25) is 5.91 Å². The van der Waals surface area contributed by atoms with E-state index in [4.69, 9.17) is 4.74 Å². The molecular formula is C14H18N2O2. The van der Waals surface area contributed by atoms with E-state index in [0.29, 0.717) is 13.1 Å². The zero-order chi connectivity index (χ0) is 12.4. The molecule has 0 unspecified atom stereocenters. The minimum absolute atomic E-state index is 0.0939. The molecule has 18 heavy (non-hydrogen) atoms. The second kappa shape index (κ2) is 4.71. The van der Waals surface area contributed by atoms with E-state index in [0.717, 1.165) is 19.5 Å². The van der Waals surface area contributed by atoms with Crippen LogP contribution in [0.25, 0.3) is 0 Å². The van der Waals surface area contributed by atoms with Crippen molar-refractivity contribution in [3.05, 3.63) is 35.9 Å². The first-order chi connectivity index (χ1) is 8.77. The van der Waals surface area contributed by atoms with Gasteiger partial charge in [-0.15, -0.1) is 0 Å². The summed E-state index contributed by atoms with van der Waals surface area (Å²) >= 11 is 0. The van der Waals surface area contributed by atoms with Crippen LogP contribution in [0, 0.1) is 0 Å². The first-order valence-electron chi connectivity index (χ1n) is 6.44. The second-order valence-electron chi connectivity index (χ2n) is 5.13. The lowest BCUT2D eigenvalue weighted by Crippen LogP contribution is -2.55. The highest BCUT2D eigenvalue weighted by molar-refractivity contribution is 5.78. The van der Waals surface area contributed by atoms with Gasteiger partial charge in [0.05, 0.1) is 12.1 Å². The van der Waals surface area contributed by atoms with E-state index in [9.17, 15) is 4.79 Å². The standard InChI is InChI=1S/C14H18N2O2/c17-13-9-18-14(6-7-15-10-14)11-16(13)8-12-4-2-1-3-5-12/h1-5,15H,6-11H2/t14-/m1/s1. The SMILES string of the molecule is O=C1CO[C@@]2(CCNC2)CN1Cc1ccccc1. The van der Waals surface area contributed by atoms with Crippen LogP contribution in [0.2, 0.25) is 0 Å². The largest absolute Gasteiger partial charge is 0.362 e. The van der Waals surface area contributed by atoms with Gasteiger partial charge in [-0.05, 0) is 18.5 Å². The third-order valence-corrected chi connectivity index (χ3v) is 3.75. The van der Waals surface area contributed by atoms with Crippen molar-refractivity contribution in [1.29, 1.82) is 0 Å². The summed E-state index contributed by atoms with van der Waals surface area (Å²) in [5.41, 5.74) is 1.02. The molecule has 0 aliphatic carbocycles. The van der Waals surface area contributed by atoms with E-state index in [1.54, 1.807) is 0 Å². The molecule has 1 N–H and O–H groups in total. The monoisotopic (exact) mass is 246 g/mol. The molecule has 96 valence electrons. The summed E-state index contributed by atoms with van der Waals surface area (Å²) < 4.78 is 5.75. The van der Waals surface area contributed by atoms with Crippen molar-refractivity contribution < 1.29 is 9.53 Å². The number of hydrogen-bond acceptors (Lipinski definition) is 3. The maximum Gasteiger partial charge on any atom is 0.249 e. The topological polar surface area (TPSA) is 41.6 Å². The summed E-state index contributed by atoms with van der Waals surface area (Å²) in [4.78, 5) is 13.8. The number of carbonyl (C=O) groups is 1. The van der Waals surface area contributed by atoms with Gasteiger partial charge in [-0.2, -0.15) is 0 Å². The number of rotatable bonds is 2. The Labute approximate surface area is 107 Å². The molecule has 2 aliphatic rings. The predicted octanol–water partition coefficient (Wildman–Crippen LogP) is 0.778. The van der Waals surface area contributed by atoms with Gasteiger partial charge in [-0.1, -0.05) is 30.3 Å². The van der Waals surface area contributed by atoms with E-state index >= 15 is 0 Å². The van der Waals surface area contributed by atoms with Crippen molar-refractivity contribution in [3.8, 4) is 0 Å². The molecule has 2 saturated heterocycles. The molecule has 1 aromatic rings. The van der Waals surface area contributed by atoms with Gasteiger partial charge < -0.3 is 15.0 Å². The highest BCUT2D eigenvalue weighted by Gasteiger charge is 2.41. The fourth-order valence-electron chi connectivity index (χ4n) is 2.71. The molecule has 2 heterocycles. The number of carbonyl (C=O) groups excluding carboxylic acids is 1. The Morgan fingerprint density at radius 3 is 2.89 bits per heavy atom. The van der Waals surface area contributed by atoms with Crippen LogP contribution in [0.1, 0.15) is 12.0 Å². The molecule has 4 heteroatoms. The van der Waals surface area contributed by atoms with Gasteiger partial charge in [-0.25, -0.2) is 0 Å². The quantitative estimate of drug-likeness (QED) is 0.838. The average molecular weight is 246 g/mol. The number of hydrogen-bond donors (Lipinski definition) is 1. The van der Waals surface area contributed by atoms with Crippen molar-refractivity contribution in [1.82, 2.24) is 10.2 Å². The fraction of sp³-hybridized carbons (Fsp3) is 0.500. The lowest BCUT2D eigenvalue weighted by Gasteiger charge is -2.39. The maximum atomic E-state index is 11.9. The minimum atomic E-state index is -0.150. The number of benzene rings is 1. The number of morpholine rings is 1. The number of nitrogens with one attached hydrogen (secondary N) is 1. The molecule has 0 saturated carbocycles. The Kier molecular flexibility index (Phi) is 3.06. The Morgan fingerprint density at radius 2 is 2.17 bits per heavy atom. The fourth-order valence-corrected chi connectivity index (χ4v) is 2.71. The molecule has 1 aromatic carbocycles. The molecule has 2 aliphatic heterocycles. The van der Waals surface area contributed by atoms with Crippen LogP contribution in [-0.4, -0.2) is 42.6 Å². The predicted molar refractivity (Wildman–Crippen MR) is 68.0 cm³/mol. The second-order valence-corrected chi connectivity index (χ2v) is 5.13. The molecule has 1 atom stereocenters. The highest BCUT2D eigenvalue weighted by atomic mass is 16.5. The first-order valence-corrected chi connectivity index (χ1v) is 6.44. The van der Waals surface area contributed by atoms with Crippen molar-refractivity contribution in [3.63, 3.8) is 0 Å². The molecule has 2 fully saturated rings. The van der Waals surface area contributed by atoms with E-state index in [2.05, 4.69) is 17.4 Å². The highest BCUT2D eigenvalue weighted by Crippen LogP contribution is 2.26. The lowest BCUT2D eigenvalue weighted by molar-refractivity contribution is -0.161. The van der Waals surface area contributed by atoms with Crippen molar-refractivity contribution in [2.75, 3.05) is 26.2 Å². The van der Waals surface area contributed by atoms with E-state index in [1.165, 1.54) is 5.56 Å². The Hall–Kier alpha value is -1.39. The molecule has 0 radical (unpaired) electrons. The van der Waals surface area contributed by atoms with Crippen molar-refractivity contribution in [2.45, 2.75) is 18.6 Å². The van der Waals surface area contributed by atoms with Crippen LogP contribution < -0.4 is 5.32 Å².